The summed E-state index contributed by atoms with van der Waals surface area (Å²) in [7, 11) is 3.77. The van der Waals surface area contributed by atoms with E-state index >= 15 is 0 Å². The minimum Gasteiger partial charge on any atom is -0.437 e. The summed E-state index contributed by atoms with van der Waals surface area (Å²) < 4.78 is 5.55. The minimum absolute atomic E-state index is 0.0461. The fourth-order valence-corrected chi connectivity index (χ4v) is 2.05. The highest BCUT2D eigenvalue weighted by Crippen LogP contribution is 2.19. The lowest BCUT2D eigenvalue weighted by Crippen LogP contribution is -2.39. The maximum absolute atomic E-state index is 12.1. The third-order valence-electron chi connectivity index (χ3n) is 3.17. The lowest BCUT2D eigenvalue weighted by Gasteiger charge is -2.21. The van der Waals surface area contributed by atoms with Crippen LogP contribution in [0.15, 0.2) is 42.9 Å². The average Bonchev–Trinajstić information content (AvgIpc) is 2.50. The van der Waals surface area contributed by atoms with E-state index < -0.39 is 0 Å². The molecule has 0 aliphatic carbocycles. The zero-order valence-corrected chi connectivity index (χ0v) is 13.0. The van der Waals surface area contributed by atoms with Crippen molar-refractivity contribution in [2.75, 3.05) is 19.4 Å². The molecular weight excluding hydrogens is 280 g/mol. The SMILES string of the molecule is CC[C@@H](C(=O)Nc1ccc(Oc2cccnc2)nc1)N(C)C. The molecule has 0 bridgehead atoms. The van der Waals surface area contributed by atoms with Crippen LogP contribution in [0.5, 0.6) is 11.6 Å². The Morgan fingerprint density at radius 3 is 2.68 bits per heavy atom. The molecule has 22 heavy (non-hydrogen) atoms. The first-order chi connectivity index (χ1) is 10.6. The summed E-state index contributed by atoms with van der Waals surface area (Å²) in [6.45, 7) is 1.98. The highest BCUT2D eigenvalue weighted by Gasteiger charge is 2.18. The van der Waals surface area contributed by atoms with Gasteiger partial charge in [0.05, 0.1) is 24.1 Å². The van der Waals surface area contributed by atoms with Crippen LogP contribution >= 0.6 is 0 Å². The van der Waals surface area contributed by atoms with E-state index in [1.165, 1.54) is 0 Å². The number of hydrogen-bond acceptors (Lipinski definition) is 5. The van der Waals surface area contributed by atoms with E-state index in [2.05, 4.69) is 15.3 Å². The molecule has 0 fully saturated rings. The number of amides is 1. The van der Waals surface area contributed by atoms with Crippen molar-refractivity contribution in [3.8, 4) is 11.6 Å². The minimum atomic E-state index is -0.161. The van der Waals surface area contributed by atoms with Crippen LogP contribution in [0, 0.1) is 0 Å². The van der Waals surface area contributed by atoms with Gasteiger partial charge in [0, 0.05) is 12.3 Å². The monoisotopic (exact) mass is 300 g/mol. The summed E-state index contributed by atoms with van der Waals surface area (Å²) in [6.07, 6.45) is 5.61. The molecule has 2 aromatic rings. The quantitative estimate of drug-likeness (QED) is 0.888. The van der Waals surface area contributed by atoms with Crippen molar-refractivity contribution in [1.82, 2.24) is 14.9 Å². The fraction of sp³-hybridized carbons (Fsp3) is 0.312. The van der Waals surface area contributed by atoms with Crippen molar-refractivity contribution in [2.24, 2.45) is 0 Å². The van der Waals surface area contributed by atoms with Crippen LogP contribution < -0.4 is 10.1 Å². The molecule has 0 aliphatic heterocycles. The van der Waals surface area contributed by atoms with Gasteiger partial charge in [0.25, 0.3) is 0 Å². The molecule has 1 N–H and O–H groups in total. The number of carbonyl (C=O) groups is 1. The Morgan fingerprint density at radius 1 is 1.32 bits per heavy atom. The summed E-state index contributed by atoms with van der Waals surface area (Å²) in [5.41, 5.74) is 0.642. The van der Waals surface area contributed by atoms with Crippen molar-refractivity contribution in [3.63, 3.8) is 0 Å². The van der Waals surface area contributed by atoms with E-state index in [4.69, 9.17) is 4.74 Å². The predicted molar refractivity (Wildman–Crippen MR) is 84.9 cm³/mol. The van der Waals surface area contributed by atoms with E-state index in [9.17, 15) is 4.79 Å². The van der Waals surface area contributed by atoms with Gasteiger partial charge in [-0.15, -0.1) is 0 Å². The molecule has 2 rings (SSSR count). The van der Waals surface area contributed by atoms with Gasteiger partial charge in [-0.25, -0.2) is 4.98 Å². The third kappa shape index (κ3) is 4.26. The largest absolute Gasteiger partial charge is 0.437 e. The van der Waals surface area contributed by atoms with Crippen molar-refractivity contribution < 1.29 is 9.53 Å². The number of pyridine rings is 2. The number of hydrogen-bond donors (Lipinski definition) is 1. The van der Waals surface area contributed by atoms with Gasteiger partial charge in [0.1, 0.15) is 5.75 Å². The fourth-order valence-electron chi connectivity index (χ4n) is 2.05. The second-order valence-corrected chi connectivity index (χ2v) is 5.05. The molecule has 0 aromatic carbocycles. The zero-order valence-electron chi connectivity index (χ0n) is 13.0. The number of anilines is 1. The molecule has 0 aliphatic rings. The van der Waals surface area contributed by atoms with Crippen molar-refractivity contribution >= 4 is 11.6 Å². The first kappa shape index (κ1) is 15.9. The third-order valence-corrected chi connectivity index (χ3v) is 3.17. The van der Waals surface area contributed by atoms with Gasteiger partial charge in [-0.1, -0.05) is 6.92 Å². The molecule has 0 radical (unpaired) electrons. The van der Waals surface area contributed by atoms with Crippen molar-refractivity contribution in [3.05, 3.63) is 42.9 Å². The van der Waals surface area contributed by atoms with Crippen LogP contribution in [-0.2, 0) is 4.79 Å². The van der Waals surface area contributed by atoms with Crippen LogP contribution in [0.1, 0.15) is 13.3 Å². The van der Waals surface area contributed by atoms with E-state index in [0.717, 1.165) is 6.42 Å². The Hall–Kier alpha value is -2.47. The molecule has 6 nitrogen and oxygen atoms in total. The van der Waals surface area contributed by atoms with Gasteiger partial charge < -0.3 is 10.1 Å². The van der Waals surface area contributed by atoms with E-state index in [1.54, 1.807) is 42.9 Å². The lowest BCUT2D eigenvalue weighted by atomic mass is 10.2. The number of aromatic nitrogens is 2. The van der Waals surface area contributed by atoms with Crippen LogP contribution in [0.3, 0.4) is 0 Å². The molecule has 2 aromatic heterocycles. The van der Waals surface area contributed by atoms with Gasteiger partial charge in [-0.2, -0.15) is 0 Å². The summed E-state index contributed by atoms with van der Waals surface area (Å²) in [5, 5.41) is 2.85. The van der Waals surface area contributed by atoms with Gasteiger partial charge in [0.2, 0.25) is 11.8 Å². The number of ether oxygens (including phenoxy) is 1. The molecule has 1 atom stereocenters. The number of likely N-dealkylation sites (N-methyl/N-ethyl adjacent to an activating group) is 1. The molecular formula is C16H20N4O2. The van der Waals surface area contributed by atoms with Crippen molar-refractivity contribution in [2.45, 2.75) is 19.4 Å². The summed E-state index contributed by atoms with van der Waals surface area (Å²) in [4.78, 5) is 22.2. The molecule has 0 spiro atoms. The molecule has 116 valence electrons. The first-order valence-electron chi connectivity index (χ1n) is 7.11. The molecule has 0 saturated heterocycles. The van der Waals surface area contributed by atoms with Gasteiger partial charge in [-0.3, -0.25) is 14.7 Å². The summed E-state index contributed by atoms with van der Waals surface area (Å²) in [6, 6.07) is 6.90. The van der Waals surface area contributed by atoms with E-state index in [0.29, 0.717) is 17.3 Å². The maximum Gasteiger partial charge on any atom is 0.241 e. The number of carbonyl (C=O) groups excluding carboxylic acids is 1. The Bertz CT molecular complexity index is 599. The highest BCUT2D eigenvalue weighted by atomic mass is 16.5. The smallest absolute Gasteiger partial charge is 0.241 e. The standard InChI is InChI=1S/C16H20N4O2/c1-4-14(20(2)3)16(21)19-12-7-8-15(18-10-12)22-13-6-5-9-17-11-13/h5-11,14H,4H2,1-3H3,(H,19,21)/t14-/m0/s1. The predicted octanol–water partition coefficient (Wildman–Crippen LogP) is 2.55. The van der Waals surface area contributed by atoms with Crippen molar-refractivity contribution in [1.29, 1.82) is 0 Å². The van der Waals surface area contributed by atoms with Crippen LogP contribution in [-0.4, -0.2) is 40.9 Å². The highest BCUT2D eigenvalue weighted by molar-refractivity contribution is 5.94. The molecule has 6 heteroatoms. The lowest BCUT2D eigenvalue weighted by molar-refractivity contribution is -0.120. The topological polar surface area (TPSA) is 67.3 Å². The van der Waals surface area contributed by atoms with Crippen LogP contribution in [0.4, 0.5) is 5.69 Å². The number of rotatable bonds is 6. The maximum atomic E-state index is 12.1. The number of nitrogens with zero attached hydrogens (tertiary/aromatic N) is 3. The summed E-state index contributed by atoms with van der Waals surface area (Å²) >= 11 is 0. The van der Waals surface area contributed by atoms with Crippen LogP contribution in [0.2, 0.25) is 0 Å². The van der Waals surface area contributed by atoms with Crippen LogP contribution in [0.25, 0.3) is 0 Å². The first-order valence-corrected chi connectivity index (χ1v) is 7.11. The molecule has 0 saturated carbocycles. The van der Waals surface area contributed by atoms with E-state index in [-0.39, 0.29) is 11.9 Å². The van der Waals surface area contributed by atoms with Gasteiger partial charge in [-0.05, 0) is 38.7 Å². The molecule has 0 unspecified atom stereocenters. The summed E-state index contributed by atoms with van der Waals surface area (Å²) in [5.74, 6) is 1.02. The Kier molecular flexibility index (Phi) is 5.43. The Morgan fingerprint density at radius 2 is 2.14 bits per heavy atom. The Labute approximate surface area is 130 Å². The van der Waals surface area contributed by atoms with Gasteiger partial charge in [0.15, 0.2) is 0 Å². The van der Waals surface area contributed by atoms with E-state index in [1.807, 2.05) is 25.9 Å². The molecule has 2 heterocycles. The van der Waals surface area contributed by atoms with Gasteiger partial charge >= 0.3 is 0 Å². The second-order valence-electron chi connectivity index (χ2n) is 5.05. The Balaban J connectivity index is 1.98. The normalized spacial score (nSPS) is 12.0. The zero-order chi connectivity index (χ0) is 15.9. The average molecular weight is 300 g/mol. The number of nitrogens with one attached hydrogen (secondary N) is 1. The molecule has 1 amide bonds. The second kappa shape index (κ2) is 7.51.